The van der Waals surface area contributed by atoms with Crippen molar-refractivity contribution in [1.29, 1.82) is 0 Å². The van der Waals surface area contributed by atoms with E-state index in [9.17, 15) is 14.7 Å². The minimum absolute atomic E-state index is 0.0333. The average molecular weight is 448 g/mol. The minimum atomic E-state index is -0.835. The Morgan fingerprint density at radius 1 is 0.938 bits per heavy atom. The lowest BCUT2D eigenvalue weighted by Gasteiger charge is -2.12. The molecule has 4 aromatic rings. The van der Waals surface area contributed by atoms with Gasteiger partial charge < -0.3 is 21.5 Å². The van der Waals surface area contributed by atoms with Gasteiger partial charge in [0.2, 0.25) is 0 Å². The Morgan fingerprint density at radius 3 is 2.41 bits per heavy atom. The third-order valence-electron chi connectivity index (χ3n) is 4.78. The molecule has 0 aliphatic carbocycles. The maximum absolute atomic E-state index is 12.5. The number of nitrogens with two attached hydrogens (primary N) is 1. The first-order valence-electron chi connectivity index (χ1n) is 9.91. The Kier molecular flexibility index (Phi) is 6.39. The molecule has 8 nitrogen and oxygen atoms in total. The van der Waals surface area contributed by atoms with Crippen LogP contribution in [0.4, 0.5) is 5.13 Å². The number of fused-ring (bicyclic) bond motifs is 1. The summed E-state index contributed by atoms with van der Waals surface area (Å²) in [6.45, 7) is 0.333. The second-order valence-corrected chi connectivity index (χ2v) is 8.14. The van der Waals surface area contributed by atoms with E-state index in [1.807, 2.05) is 36.4 Å². The maximum atomic E-state index is 12.5. The molecule has 0 saturated carbocycles. The number of rotatable bonds is 7. The summed E-state index contributed by atoms with van der Waals surface area (Å²) in [4.78, 5) is 33.3. The first-order chi connectivity index (χ1) is 15.5. The van der Waals surface area contributed by atoms with E-state index in [1.54, 1.807) is 18.2 Å². The van der Waals surface area contributed by atoms with Gasteiger partial charge in [0.25, 0.3) is 11.8 Å². The first-order valence-corrected chi connectivity index (χ1v) is 10.7. The van der Waals surface area contributed by atoms with Crippen molar-refractivity contribution in [3.8, 4) is 0 Å². The first kappa shape index (κ1) is 21.4. The van der Waals surface area contributed by atoms with Gasteiger partial charge in [0.1, 0.15) is 11.4 Å². The van der Waals surface area contributed by atoms with Crippen LogP contribution in [-0.2, 0) is 6.54 Å². The van der Waals surface area contributed by atoms with E-state index in [1.165, 1.54) is 23.5 Å². The van der Waals surface area contributed by atoms with Crippen molar-refractivity contribution >= 4 is 38.5 Å². The molecule has 2 heterocycles. The second-order valence-electron chi connectivity index (χ2n) is 7.08. The molecule has 5 N–H and O–H groups in total. The predicted octanol–water partition coefficient (Wildman–Crippen LogP) is 2.67. The molecule has 0 unspecified atom stereocenters. The van der Waals surface area contributed by atoms with Crippen LogP contribution in [0.15, 0.2) is 66.7 Å². The number of aliphatic hydroxyl groups is 1. The topological polar surface area (TPSA) is 130 Å². The molecule has 2 aromatic heterocycles. The molecule has 0 radical (unpaired) electrons. The van der Waals surface area contributed by atoms with E-state index in [0.29, 0.717) is 17.2 Å². The van der Waals surface area contributed by atoms with Gasteiger partial charge in [-0.1, -0.05) is 53.8 Å². The van der Waals surface area contributed by atoms with Gasteiger partial charge in [-0.2, -0.15) is 0 Å². The van der Waals surface area contributed by atoms with E-state index in [0.717, 1.165) is 15.8 Å². The Labute approximate surface area is 188 Å². The lowest BCUT2D eigenvalue weighted by molar-refractivity contribution is 0.0910. The highest BCUT2D eigenvalue weighted by molar-refractivity contribution is 7.22. The number of hydrogen-bond donors (Lipinski definition) is 4. The van der Waals surface area contributed by atoms with Crippen LogP contribution < -0.4 is 16.4 Å². The number of aromatic nitrogens is 2. The predicted molar refractivity (Wildman–Crippen MR) is 123 cm³/mol. The van der Waals surface area contributed by atoms with Crippen LogP contribution in [0.1, 0.15) is 38.2 Å². The molecule has 0 aliphatic rings. The maximum Gasteiger partial charge on any atom is 0.270 e. The molecule has 0 saturated heterocycles. The van der Waals surface area contributed by atoms with Crippen LogP contribution >= 0.6 is 11.3 Å². The normalized spacial score (nSPS) is 11.8. The zero-order valence-corrected chi connectivity index (χ0v) is 17.8. The largest absolute Gasteiger partial charge is 0.387 e. The van der Waals surface area contributed by atoms with Gasteiger partial charge in [-0.25, -0.2) is 9.97 Å². The van der Waals surface area contributed by atoms with Crippen molar-refractivity contribution in [2.24, 2.45) is 0 Å². The van der Waals surface area contributed by atoms with Crippen LogP contribution in [-0.4, -0.2) is 33.4 Å². The molecule has 0 spiro atoms. The lowest BCUT2D eigenvalue weighted by atomic mass is 10.1. The van der Waals surface area contributed by atoms with Crippen LogP contribution in [0.5, 0.6) is 0 Å². The number of hydrogen-bond acceptors (Lipinski definition) is 7. The zero-order valence-electron chi connectivity index (χ0n) is 17.0. The van der Waals surface area contributed by atoms with Gasteiger partial charge in [-0.05, 0) is 35.4 Å². The van der Waals surface area contributed by atoms with Gasteiger partial charge in [0.15, 0.2) is 5.13 Å². The van der Waals surface area contributed by atoms with Crippen molar-refractivity contribution in [3.63, 3.8) is 0 Å². The van der Waals surface area contributed by atoms with Crippen molar-refractivity contribution in [3.05, 3.63) is 89.2 Å². The fraction of sp³-hybridized carbons (Fsp3) is 0.130. The van der Waals surface area contributed by atoms with Crippen molar-refractivity contribution in [1.82, 2.24) is 20.6 Å². The number of amides is 2. The summed E-state index contributed by atoms with van der Waals surface area (Å²) >= 11 is 1.39. The highest BCUT2D eigenvalue weighted by atomic mass is 32.1. The van der Waals surface area contributed by atoms with Crippen LogP contribution in [0.3, 0.4) is 0 Å². The fourth-order valence-corrected chi connectivity index (χ4v) is 3.93. The lowest BCUT2D eigenvalue weighted by Crippen LogP contribution is -2.30. The number of nitrogens with one attached hydrogen (secondary N) is 2. The van der Waals surface area contributed by atoms with Gasteiger partial charge in [0.05, 0.1) is 16.3 Å². The molecule has 0 fully saturated rings. The van der Waals surface area contributed by atoms with E-state index in [4.69, 9.17) is 5.73 Å². The smallest absolute Gasteiger partial charge is 0.270 e. The molecule has 0 aliphatic heterocycles. The summed E-state index contributed by atoms with van der Waals surface area (Å²) in [5.41, 5.74) is 8.38. The number of anilines is 1. The summed E-state index contributed by atoms with van der Waals surface area (Å²) in [5, 5.41) is 16.1. The molecule has 9 heteroatoms. The van der Waals surface area contributed by atoms with Crippen molar-refractivity contribution in [2.45, 2.75) is 12.6 Å². The average Bonchev–Trinajstić information content (AvgIpc) is 3.20. The molecule has 2 aromatic carbocycles. The molecular weight excluding hydrogens is 426 g/mol. The fourth-order valence-electron chi connectivity index (χ4n) is 3.13. The van der Waals surface area contributed by atoms with Crippen molar-refractivity contribution < 1.29 is 14.7 Å². The number of aliphatic hydroxyl groups excluding tert-OH is 1. The molecule has 32 heavy (non-hydrogen) atoms. The van der Waals surface area contributed by atoms with Crippen molar-refractivity contribution in [2.75, 3.05) is 12.3 Å². The van der Waals surface area contributed by atoms with Gasteiger partial charge >= 0.3 is 0 Å². The Balaban J connectivity index is 1.35. The highest BCUT2D eigenvalue weighted by Gasteiger charge is 2.14. The van der Waals surface area contributed by atoms with Gasteiger partial charge in [-0.15, -0.1) is 0 Å². The van der Waals surface area contributed by atoms with E-state index < -0.39 is 17.9 Å². The number of carbonyl (C=O) groups excluding carboxylic acids is 2. The third-order valence-corrected chi connectivity index (χ3v) is 5.62. The molecule has 2 amide bonds. The Hall–Kier alpha value is -3.82. The van der Waals surface area contributed by atoms with Crippen LogP contribution in [0, 0.1) is 0 Å². The van der Waals surface area contributed by atoms with Gasteiger partial charge in [-0.3, -0.25) is 9.59 Å². The summed E-state index contributed by atoms with van der Waals surface area (Å²) in [7, 11) is 0. The summed E-state index contributed by atoms with van der Waals surface area (Å²) < 4.78 is 0.948. The summed E-state index contributed by atoms with van der Waals surface area (Å²) in [5.74, 6) is -0.865. The summed E-state index contributed by atoms with van der Waals surface area (Å²) in [6, 6.07) is 19.3. The number of nitrogens with zero attached hydrogens (tertiary/aromatic N) is 2. The van der Waals surface area contributed by atoms with Crippen LogP contribution in [0.25, 0.3) is 10.2 Å². The minimum Gasteiger partial charge on any atom is -0.387 e. The number of benzene rings is 2. The quantitative estimate of drug-likeness (QED) is 0.345. The summed E-state index contributed by atoms with van der Waals surface area (Å²) in [6.07, 6.45) is -0.835. The Morgan fingerprint density at radius 2 is 1.66 bits per heavy atom. The van der Waals surface area contributed by atoms with E-state index in [2.05, 4.69) is 20.6 Å². The van der Waals surface area contributed by atoms with Crippen LogP contribution in [0.2, 0.25) is 0 Å². The number of pyridine rings is 1. The molecule has 0 bridgehead atoms. The molecule has 4 rings (SSSR count). The number of thiazole rings is 1. The molecule has 162 valence electrons. The third kappa shape index (κ3) is 5.08. The number of nitrogen functional groups attached to an aromatic ring is 1. The van der Waals surface area contributed by atoms with E-state index >= 15 is 0 Å². The van der Waals surface area contributed by atoms with E-state index in [-0.39, 0.29) is 17.9 Å². The highest BCUT2D eigenvalue weighted by Crippen LogP contribution is 2.24. The molecule has 1 atom stereocenters. The standard InChI is InChI=1S/C23H21N5O3S/c24-23-28-16-10-9-14(11-20(16)32-23)12-25-21(30)17-7-4-8-18(27-17)22(31)26-13-19(29)15-5-2-1-3-6-15/h1-11,19,29H,12-13H2,(H2,24,28)(H,25,30)(H,26,31)/t19-/m1/s1. The molecular formula is C23H21N5O3S. The van der Waals surface area contributed by atoms with Gasteiger partial charge in [0, 0.05) is 13.1 Å². The monoisotopic (exact) mass is 447 g/mol. The SMILES string of the molecule is Nc1nc2ccc(CNC(=O)c3cccc(C(=O)NC[C@@H](O)c4ccccc4)n3)cc2s1. The number of carbonyl (C=O) groups is 2. The second kappa shape index (κ2) is 9.54. The Bertz CT molecular complexity index is 1260. The zero-order chi connectivity index (χ0) is 22.5.